The van der Waals surface area contributed by atoms with E-state index in [2.05, 4.69) is 39.4 Å². The second-order valence-electron chi connectivity index (χ2n) is 9.48. The molecule has 2 aliphatic heterocycles. The first-order chi connectivity index (χ1) is 16.1. The van der Waals surface area contributed by atoms with Gasteiger partial charge in [-0.05, 0) is 75.1 Å². The molecule has 2 heterocycles. The van der Waals surface area contributed by atoms with Crippen LogP contribution >= 0.6 is 23.2 Å². The summed E-state index contributed by atoms with van der Waals surface area (Å²) in [5.74, 6) is 0.242. The van der Waals surface area contributed by atoms with Crippen LogP contribution in [0.15, 0.2) is 42.5 Å². The standard InChI is InChI=1S/C27H35Cl2N3O/c28-25-9-6-10-26(29)24(25)20-32-15-11-23(12-16-32)27(33)30-18-21-7-5-8-22(17-21)19-31-13-3-1-2-4-14-31/h5-10,17,23H,1-4,11-16,18-20H2,(H,30,33). The fraction of sp³-hybridized carbons (Fsp3) is 0.519. The quantitative estimate of drug-likeness (QED) is 0.527. The molecule has 6 heteroatoms. The number of hydrogen-bond acceptors (Lipinski definition) is 3. The number of nitrogens with one attached hydrogen (secondary N) is 1. The number of carbonyl (C=O) groups excluding carboxylic acids is 1. The minimum absolute atomic E-state index is 0.0725. The molecular formula is C27H35Cl2N3O. The summed E-state index contributed by atoms with van der Waals surface area (Å²) >= 11 is 12.6. The Labute approximate surface area is 208 Å². The Morgan fingerprint density at radius 3 is 2.12 bits per heavy atom. The molecule has 2 aromatic rings. The molecule has 2 aromatic carbocycles. The van der Waals surface area contributed by atoms with E-state index < -0.39 is 0 Å². The number of amides is 1. The van der Waals surface area contributed by atoms with E-state index >= 15 is 0 Å². The average Bonchev–Trinajstić information content (AvgIpc) is 3.09. The van der Waals surface area contributed by atoms with E-state index in [1.54, 1.807) is 0 Å². The van der Waals surface area contributed by atoms with E-state index in [4.69, 9.17) is 23.2 Å². The average molecular weight is 489 g/mol. The van der Waals surface area contributed by atoms with Gasteiger partial charge in [0.15, 0.2) is 0 Å². The van der Waals surface area contributed by atoms with Gasteiger partial charge in [-0.3, -0.25) is 14.6 Å². The van der Waals surface area contributed by atoms with Crippen molar-refractivity contribution in [3.63, 3.8) is 0 Å². The molecule has 178 valence electrons. The Hall–Kier alpha value is -1.59. The van der Waals surface area contributed by atoms with Gasteiger partial charge in [-0.2, -0.15) is 0 Å². The Kier molecular flexibility index (Phi) is 9.08. The zero-order chi connectivity index (χ0) is 23.0. The molecule has 0 radical (unpaired) electrons. The topological polar surface area (TPSA) is 35.6 Å². The maximum Gasteiger partial charge on any atom is 0.223 e. The molecule has 0 bridgehead atoms. The molecule has 0 unspecified atom stereocenters. The van der Waals surface area contributed by atoms with Gasteiger partial charge in [0.05, 0.1) is 0 Å². The zero-order valence-electron chi connectivity index (χ0n) is 19.4. The first kappa shape index (κ1) is 24.5. The summed E-state index contributed by atoms with van der Waals surface area (Å²) in [4.78, 5) is 17.7. The van der Waals surface area contributed by atoms with Crippen LogP contribution in [-0.4, -0.2) is 41.9 Å². The van der Waals surface area contributed by atoms with Crippen LogP contribution in [0.1, 0.15) is 55.2 Å². The van der Waals surface area contributed by atoms with Crippen molar-refractivity contribution in [1.82, 2.24) is 15.1 Å². The van der Waals surface area contributed by atoms with Crippen molar-refractivity contribution in [1.29, 1.82) is 0 Å². The summed E-state index contributed by atoms with van der Waals surface area (Å²) in [5.41, 5.74) is 3.50. The van der Waals surface area contributed by atoms with Crippen LogP contribution in [0.2, 0.25) is 10.0 Å². The van der Waals surface area contributed by atoms with Crippen molar-refractivity contribution in [3.05, 3.63) is 69.2 Å². The molecule has 2 fully saturated rings. The third-order valence-corrected chi connectivity index (χ3v) is 7.67. The highest BCUT2D eigenvalue weighted by Gasteiger charge is 2.25. The van der Waals surface area contributed by atoms with Gasteiger partial charge < -0.3 is 5.32 Å². The minimum Gasteiger partial charge on any atom is -0.352 e. The van der Waals surface area contributed by atoms with Crippen LogP contribution in [0.3, 0.4) is 0 Å². The maximum absolute atomic E-state index is 12.8. The van der Waals surface area contributed by atoms with Gasteiger partial charge in [-0.1, -0.05) is 66.4 Å². The second kappa shape index (κ2) is 12.2. The summed E-state index contributed by atoms with van der Waals surface area (Å²) in [6.45, 7) is 6.50. The number of halogens is 2. The third kappa shape index (κ3) is 7.19. The van der Waals surface area contributed by atoms with E-state index in [1.165, 1.54) is 49.9 Å². The summed E-state index contributed by atoms with van der Waals surface area (Å²) in [7, 11) is 0. The normalized spacial score (nSPS) is 18.7. The highest BCUT2D eigenvalue weighted by molar-refractivity contribution is 6.35. The molecule has 4 nitrogen and oxygen atoms in total. The van der Waals surface area contributed by atoms with Crippen molar-refractivity contribution < 1.29 is 4.79 Å². The van der Waals surface area contributed by atoms with E-state index in [9.17, 15) is 4.79 Å². The Bertz CT molecular complexity index is 899. The first-order valence-electron chi connectivity index (χ1n) is 12.3. The molecule has 0 saturated carbocycles. The van der Waals surface area contributed by atoms with Crippen molar-refractivity contribution in [2.75, 3.05) is 26.2 Å². The van der Waals surface area contributed by atoms with Gasteiger partial charge in [0.25, 0.3) is 0 Å². The molecule has 2 saturated heterocycles. The number of benzene rings is 2. The fourth-order valence-electron chi connectivity index (χ4n) is 4.98. The predicted molar refractivity (Wildman–Crippen MR) is 136 cm³/mol. The van der Waals surface area contributed by atoms with Gasteiger partial charge in [0, 0.05) is 41.2 Å². The number of nitrogens with zero attached hydrogens (tertiary/aromatic N) is 2. The van der Waals surface area contributed by atoms with Gasteiger partial charge in [0.2, 0.25) is 5.91 Å². The van der Waals surface area contributed by atoms with Crippen LogP contribution in [-0.2, 0) is 24.4 Å². The molecule has 4 rings (SSSR count). The third-order valence-electron chi connectivity index (χ3n) is 6.96. The molecule has 0 atom stereocenters. The van der Waals surface area contributed by atoms with Crippen LogP contribution in [0.4, 0.5) is 0 Å². The molecule has 1 amide bonds. The number of likely N-dealkylation sites (tertiary alicyclic amines) is 2. The maximum atomic E-state index is 12.8. The highest BCUT2D eigenvalue weighted by Crippen LogP contribution is 2.28. The van der Waals surface area contributed by atoms with Gasteiger partial charge >= 0.3 is 0 Å². The van der Waals surface area contributed by atoms with Crippen molar-refractivity contribution >= 4 is 29.1 Å². The first-order valence-corrected chi connectivity index (χ1v) is 13.1. The summed E-state index contributed by atoms with van der Waals surface area (Å²) in [5, 5.41) is 4.60. The Balaban J connectivity index is 1.23. The number of hydrogen-bond donors (Lipinski definition) is 1. The molecule has 2 aliphatic rings. The molecule has 0 spiro atoms. The van der Waals surface area contributed by atoms with Crippen LogP contribution in [0.25, 0.3) is 0 Å². The summed E-state index contributed by atoms with van der Waals surface area (Å²) in [6.07, 6.45) is 7.05. The molecule has 0 aromatic heterocycles. The monoisotopic (exact) mass is 487 g/mol. The smallest absolute Gasteiger partial charge is 0.223 e. The van der Waals surface area contributed by atoms with Gasteiger partial charge in [-0.25, -0.2) is 0 Å². The molecule has 1 N–H and O–H groups in total. The molecule has 33 heavy (non-hydrogen) atoms. The predicted octanol–water partition coefficient (Wildman–Crippen LogP) is 5.90. The van der Waals surface area contributed by atoms with E-state index in [-0.39, 0.29) is 11.8 Å². The lowest BCUT2D eigenvalue weighted by Crippen LogP contribution is -2.40. The van der Waals surface area contributed by atoms with Crippen LogP contribution in [0, 0.1) is 5.92 Å². The number of piperidine rings is 1. The van der Waals surface area contributed by atoms with Crippen molar-refractivity contribution in [2.24, 2.45) is 5.92 Å². The SMILES string of the molecule is O=C(NCc1cccc(CN2CCCCCC2)c1)C1CCN(Cc2c(Cl)cccc2Cl)CC1. The molecule has 0 aliphatic carbocycles. The van der Waals surface area contributed by atoms with Crippen molar-refractivity contribution in [2.45, 2.75) is 58.2 Å². The van der Waals surface area contributed by atoms with Crippen LogP contribution < -0.4 is 5.32 Å². The lowest BCUT2D eigenvalue weighted by molar-refractivity contribution is -0.126. The van der Waals surface area contributed by atoms with Crippen LogP contribution in [0.5, 0.6) is 0 Å². The Morgan fingerprint density at radius 1 is 0.818 bits per heavy atom. The number of rotatable bonds is 7. The van der Waals surface area contributed by atoms with Crippen molar-refractivity contribution in [3.8, 4) is 0 Å². The summed E-state index contributed by atoms with van der Waals surface area (Å²) in [6, 6.07) is 14.3. The number of carbonyl (C=O) groups is 1. The lowest BCUT2D eigenvalue weighted by Gasteiger charge is -2.31. The lowest BCUT2D eigenvalue weighted by atomic mass is 9.95. The van der Waals surface area contributed by atoms with E-state index in [0.29, 0.717) is 16.6 Å². The zero-order valence-corrected chi connectivity index (χ0v) is 20.9. The molecular weight excluding hydrogens is 453 g/mol. The Morgan fingerprint density at radius 2 is 1.42 bits per heavy atom. The van der Waals surface area contributed by atoms with Gasteiger partial charge in [0.1, 0.15) is 0 Å². The van der Waals surface area contributed by atoms with Gasteiger partial charge in [-0.15, -0.1) is 0 Å². The highest BCUT2D eigenvalue weighted by atomic mass is 35.5. The second-order valence-corrected chi connectivity index (χ2v) is 10.3. The fourth-order valence-corrected chi connectivity index (χ4v) is 5.50. The van der Waals surface area contributed by atoms with E-state index in [1.807, 2.05) is 18.2 Å². The largest absolute Gasteiger partial charge is 0.352 e. The van der Waals surface area contributed by atoms with E-state index in [0.717, 1.165) is 44.6 Å². The summed E-state index contributed by atoms with van der Waals surface area (Å²) < 4.78 is 0. The minimum atomic E-state index is 0.0725.